The summed E-state index contributed by atoms with van der Waals surface area (Å²) in [5.74, 6) is 11.4. The van der Waals surface area contributed by atoms with Crippen LogP contribution in [0.25, 0.3) is 0 Å². The zero-order chi connectivity index (χ0) is 24.6. The quantitative estimate of drug-likeness (QED) is 0.366. The van der Waals surface area contributed by atoms with Gasteiger partial charge in [-0.1, -0.05) is 62.5 Å². The summed E-state index contributed by atoms with van der Waals surface area (Å²) in [6.07, 6.45) is 8.33. The Kier molecular flexibility index (Phi) is 6.39. The van der Waals surface area contributed by atoms with E-state index in [9.17, 15) is 0 Å². The van der Waals surface area contributed by atoms with Gasteiger partial charge >= 0.3 is 0 Å². The van der Waals surface area contributed by atoms with Crippen molar-refractivity contribution in [3.8, 4) is 0 Å². The summed E-state index contributed by atoms with van der Waals surface area (Å²) in [4.78, 5) is 0. The molecule has 188 valence electrons. The van der Waals surface area contributed by atoms with Crippen molar-refractivity contribution >= 4 is 0 Å². The maximum atomic E-state index is 4.56. The molecule has 0 radical (unpaired) electrons. The standard InChI is InChI=1S/C34H52/c1-17(2)23-11-13-25-30-22(10)16-28(20(7)8)32-24(18(3)4)12-14-26(34(30)32)29-21(9)15-27(19(5)6)31(23)33(25)29/h21-34H,1,3,5,7,11-16H2,2,4,6,8-10H3. The minimum absolute atomic E-state index is 0.696. The van der Waals surface area contributed by atoms with Gasteiger partial charge in [0.25, 0.3) is 0 Å². The van der Waals surface area contributed by atoms with Crippen molar-refractivity contribution in [2.24, 2.45) is 82.9 Å². The van der Waals surface area contributed by atoms with Crippen LogP contribution in [0.15, 0.2) is 48.6 Å². The highest BCUT2D eigenvalue weighted by atomic mass is 14.7. The van der Waals surface area contributed by atoms with Gasteiger partial charge in [0, 0.05) is 0 Å². The zero-order valence-corrected chi connectivity index (χ0v) is 23.2. The van der Waals surface area contributed by atoms with Crippen molar-refractivity contribution in [1.82, 2.24) is 0 Å². The average molecular weight is 461 g/mol. The fraction of sp³-hybridized carbons (Fsp3) is 0.765. The Balaban J connectivity index is 1.64. The lowest BCUT2D eigenvalue weighted by Crippen LogP contribution is -2.64. The van der Waals surface area contributed by atoms with Gasteiger partial charge in [-0.2, -0.15) is 0 Å². The van der Waals surface area contributed by atoms with E-state index in [1.165, 1.54) is 60.8 Å². The Morgan fingerprint density at radius 2 is 0.765 bits per heavy atom. The summed E-state index contributed by atoms with van der Waals surface area (Å²) in [7, 11) is 0. The Bertz CT molecular complexity index is 800. The minimum Gasteiger partial charge on any atom is -0.0998 e. The largest absolute Gasteiger partial charge is 0.0998 e. The summed E-state index contributed by atoms with van der Waals surface area (Å²) in [6.45, 7) is 32.8. The van der Waals surface area contributed by atoms with Crippen LogP contribution in [0.1, 0.15) is 80.1 Å². The fourth-order valence-corrected chi connectivity index (χ4v) is 11.5. The lowest BCUT2D eigenvalue weighted by molar-refractivity contribution is -0.198. The van der Waals surface area contributed by atoms with E-state index in [2.05, 4.69) is 67.9 Å². The first-order chi connectivity index (χ1) is 16.0. The van der Waals surface area contributed by atoms with Crippen molar-refractivity contribution < 1.29 is 0 Å². The fourth-order valence-electron chi connectivity index (χ4n) is 11.5. The lowest BCUT2D eigenvalue weighted by atomic mass is 9.35. The van der Waals surface area contributed by atoms with Gasteiger partial charge in [0.2, 0.25) is 0 Å². The van der Waals surface area contributed by atoms with Crippen LogP contribution in [0, 0.1) is 82.9 Å². The van der Waals surface area contributed by atoms with Gasteiger partial charge < -0.3 is 0 Å². The van der Waals surface area contributed by atoms with Gasteiger partial charge in [0.15, 0.2) is 0 Å². The SMILES string of the molecule is C=C(C)C1CCC2C3C(C)CC(C(=C)C)C4C(C(=C)C)CCC(C5C(C)CC(C(=C)C)C1C25)C43. The van der Waals surface area contributed by atoms with E-state index in [1.807, 2.05) is 0 Å². The molecule has 0 aromatic heterocycles. The molecule has 0 heteroatoms. The highest BCUT2D eigenvalue weighted by molar-refractivity contribution is 5.22. The van der Waals surface area contributed by atoms with Crippen LogP contribution in [-0.2, 0) is 0 Å². The summed E-state index contributed by atoms with van der Waals surface area (Å²) >= 11 is 0. The molecule has 0 heterocycles. The molecule has 5 aliphatic rings. The van der Waals surface area contributed by atoms with Gasteiger partial charge in [0.1, 0.15) is 0 Å². The van der Waals surface area contributed by atoms with Crippen molar-refractivity contribution in [2.75, 3.05) is 0 Å². The Morgan fingerprint density at radius 1 is 0.441 bits per heavy atom. The smallest absolute Gasteiger partial charge is 0.0169 e. The van der Waals surface area contributed by atoms with Gasteiger partial charge in [-0.3, -0.25) is 0 Å². The third-order valence-electron chi connectivity index (χ3n) is 12.3. The summed E-state index contributed by atoms with van der Waals surface area (Å²) in [5.41, 5.74) is 5.81. The highest BCUT2D eigenvalue weighted by Crippen LogP contribution is 2.71. The third-order valence-corrected chi connectivity index (χ3v) is 12.3. The van der Waals surface area contributed by atoms with Crippen LogP contribution < -0.4 is 0 Å². The van der Waals surface area contributed by atoms with Crippen LogP contribution >= 0.6 is 0 Å². The molecule has 5 saturated carbocycles. The molecule has 0 aliphatic heterocycles. The predicted molar refractivity (Wildman–Crippen MR) is 147 cm³/mol. The molecule has 14 atom stereocenters. The molecule has 5 rings (SSSR count). The van der Waals surface area contributed by atoms with Crippen molar-refractivity contribution in [3.05, 3.63) is 48.6 Å². The Labute approximate surface area is 211 Å². The van der Waals surface area contributed by atoms with E-state index >= 15 is 0 Å². The van der Waals surface area contributed by atoms with Crippen molar-refractivity contribution in [1.29, 1.82) is 0 Å². The Hall–Kier alpha value is -1.04. The summed E-state index contributed by atoms with van der Waals surface area (Å²) < 4.78 is 0. The topological polar surface area (TPSA) is 0 Å². The minimum atomic E-state index is 0.696. The molecule has 0 spiro atoms. The van der Waals surface area contributed by atoms with E-state index in [-0.39, 0.29) is 0 Å². The van der Waals surface area contributed by atoms with Crippen LogP contribution in [0.2, 0.25) is 0 Å². The van der Waals surface area contributed by atoms with Crippen LogP contribution in [0.5, 0.6) is 0 Å². The maximum Gasteiger partial charge on any atom is -0.0169 e. The second kappa shape index (κ2) is 8.81. The molecule has 0 bridgehead atoms. The molecular formula is C34H52. The monoisotopic (exact) mass is 460 g/mol. The molecule has 0 N–H and O–H groups in total. The van der Waals surface area contributed by atoms with E-state index in [1.54, 1.807) is 0 Å². The summed E-state index contributed by atoms with van der Waals surface area (Å²) in [5, 5.41) is 0. The van der Waals surface area contributed by atoms with Crippen LogP contribution in [0.4, 0.5) is 0 Å². The predicted octanol–water partition coefficient (Wildman–Crippen LogP) is 9.37. The summed E-state index contributed by atoms with van der Waals surface area (Å²) in [6, 6.07) is 0. The molecule has 0 amide bonds. The van der Waals surface area contributed by atoms with Gasteiger partial charge in [-0.25, -0.2) is 0 Å². The van der Waals surface area contributed by atoms with Crippen molar-refractivity contribution in [2.45, 2.75) is 80.1 Å². The van der Waals surface area contributed by atoms with Crippen LogP contribution in [0.3, 0.4) is 0 Å². The third kappa shape index (κ3) is 3.51. The highest BCUT2D eigenvalue weighted by Gasteiger charge is 2.65. The molecule has 34 heavy (non-hydrogen) atoms. The molecule has 0 saturated heterocycles. The first-order valence-corrected chi connectivity index (χ1v) is 14.7. The first-order valence-electron chi connectivity index (χ1n) is 14.7. The van der Waals surface area contributed by atoms with Crippen molar-refractivity contribution in [3.63, 3.8) is 0 Å². The second-order valence-electron chi connectivity index (χ2n) is 14.2. The zero-order valence-electron chi connectivity index (χ0n) is 23.2. The molecule has 0 aromatic carbocycles. The second-order valence-corrected chi connectivity index (χ2v) is 14.2. The molecular weight excluding hydrogens is 408 g/mol. The number of allylic oxidation sites excluding steroid dienone is 4. The lowest BCUT2D eigenvalue weighted by Gasteiger charge is -2.69. The van der Waals surface area contributed by atoms with E-state index < -0.39 is 0 Å². The van der Waals surface area contributed by atoms with E-state index in [4.69, 9.17) is 0 Å². The van der Waals surface area contributed by atoms with Gasteiger partial charge in [-0.15, -0.1) is 0 Å². The molecule has 14 unspecified atom stereocenters. The van der Waals surface area contributed by atoms with E-state index in [0.29, 0.717) is 23.7 Å². The normalized spacial score (nSPS) is 51.6. The van der Waals surface area contributed by atoms with Crippen LogP contribution in [-0.4, -0.2) is 0 Å². The average Bonchev–Trinajstić information content (AvgIpc) is 2.77. The Morgan fingerprint density at radius 3 is 1.06 bits per heavy atom. The molecule has 5 fully saturated rings. The molecule has 0 aromatic rings. The maximum absolute atomic E-state index is 4.56. The number of hydrogen-bond acceptors (Lipinski definition) is 0. The number of hydrogen-bond donors (Lipinski definition) is 0. The van der Waals surface area contributed by atoms with Gasteiger partial charge in [-0.05, 0) is 149 Å². The first kappa shape index (κ1) is 24.6. The van der Waals surface area contributed by atoms with E-state index in [0.717, 1.165) is 59.2 Å². The molecule has 5 aliphatic carbocycles. The van der Waals surface area contributed by atoms with Gasteiger partial charge in [0.05, 0.1) is 0 Å². The molecule has 0 nitrogen and oxygen atoms in total. The number of rotatable bonds is 4. The number of fused-ring (bicyclic) bond motifs is 2.